The van der Waals surface area contributed by atoms with Gasteiger partial charge in [0.05, 0.1) is 5.69 Å². The number of nitrogens with zero attached hydrogens (tertiary/aromatic N) is 3. The van der Waals surface area contributed by atoms with Gasteiger partial charge in [0.15, 0.2) is 0 Å². The number of nitrogens with one attached hydrogen (secondary N) is 2. The van der Waals surface area contributed by atoms with E-state index in [1.165, 1.54) is 0 Å². The molecule has 21 heavy (non-hydrogen) atoms. The summed E-state index contributed by atoms with van der Waals surface area (Å²) in [5.41, 5.74) is 3.27. The average Bonchev–Trinajstić information content (AvgIpc) is 3.16. The highest BCUT2D eigenvalue weighted by atomic mass is 16.1. The van der Waals surface area contributed by atoms with Crippen molar-refractivity contribution in [3.05, 3.63) is 65.7 Å². The van der Waals surface area contributed by atoms with E-state index in [0.29, 0.717) is 12.2 Å². The molecular formula is C15H15N5O. The summed E-state index contributed by atoms with van der Waals surface area (Å²) in [6.07, 6.45) is 3.62. The van der Waals surface area contributed by atoms with Gasteiger partial charge in [0, 0.05) is 24.6 Å². The Kier molecular flexibility index (Phi) is 3.51. The Morgan fingerprint density at radius 1 is 1.33 bits per heavy atom. The van der Waals surface area contributed by atoms with Gasteiger partial charge in [0.2, 0.25) is 0 Å². The minimum Gasteiger partial charge on any atom is -0.347 e. The number of rotatable bonds is 4. The lowest BCUT2D eigenvalue weighted by Crippen LogP contribution is -2.23. The van der Waals surface area contributed by atoms with Crippen molar-refractivity contribution in [3.8, 4) is 5.69 Å². The van der Waals surface area contributed by atoms with Gasteiger partial charge in [-0.25, -0.2) is 4.68 Å². The lowest BCUT2D eigenvalue weighted by Gasteiger charge is -2.05. The maximum atomic E-state index is 11.9. The van der Waals surface area contributed by atoms with Gasteiger partial charge in [0.25, 0.3) is 5.91 Å². The Morgan fingerprint density at radius 3 is 2.76 bits per heavy atom. The molecule has 0 radical (unpaired) electrons. The van der Waals surface area contributed by atoms with E-state index >= 15 is 0 Å². The predicted molar refractivity (Wildman–Crippen MR) is 78.1 cm³/mol. The molecule has 0 aliphatic carbocycles. The van der Waals surface area contributed by atoms with Crippen molar-refractivity contribution in [1.29, 1.82) is 0 Å². The maximum absolute atomic E-state index is 11.9. The average molecular weight is 281 g/mol. The fourth-order valence-electron chi connectivity index (χ4n) is 2.00. The van der Waals surface area contributed by atoms with Crippen molar-refractivity contribution >= 4 is 5.91 Å². The molecule has 2 N–H and O–H groups in total. The summed E-state index contributed by atoms with van der Waals surface area (Å²) in [4.78, 5) is 11.9. The predicted octanol–water partition coefficient (Wildman–Crippen LogP) is 1.83. The molecule has 0 bridgehead atoms. The Bertz CT molecular complexity index is 728. The molecule has 0 spiro atoms. The molecule has 0 aliphatic rings. The van der Waals surface area contributed by atoms with Crippen LogP contribution < -0.4 is 5.32 Å². The van der Waals surface area contributed by atoms with Crippen molar-refractivity contribution < 1.29 is 4.79 Å². The molecule has 0 unspecified atom stereocenters. The van der Waals surface area contributed by atoms with Crippen molar-refractivity contribution in [2.45, 2.75) is 13.5 Å². The third kappa shape index (κ3) is 3.00. The van der Waals surface area contributed by atoms with Gasteiger partial charge in [-0.2, -0.15) is 10.2 Å². The summed E-state index contributed by atoms with van der Waals surface area (Å²) in [5.74, 6) is -0.185. The molecule has 1 aromatic carbocycles. The van der Waals surface area contributed by atoms with Gasteiger partial charge in [-0.05, 0) is 36.8 Å². The van der Waals surface area contributed by atoms with Crippen LogP contribution in [0.1, 0.15) is 21.7 Å². The fraction of sp³-hybridized carbons (Fsp3) is 0.133. The van der Waals surface area contributed by atoms with E-state index in [9.17, 15) is 4.79 Å². The van der Waals surface area contributed by atoms with Crippen LogP contribution >= 0.6 is 0 Å². The highest BCUT2D eigenvalue weighted by Crippen LogP contribution is 2.08. The van der Waals surface area contributed by atoms with Crippen LogP contribution in [-0.4, -0.2) is 25.9 Å². The molecule has 0 saturated heterocycles. The highest BCUT2D eigenvalue weighted by Gasteiger charge is 2.08. The van der Waals surface area contributed by atoms with E-state index in [-0.39, 0.29) is 5.91 Å². The quantitative estimate of drug-likeness (QED) is 0.766. The first-order chi connectivity index (χ1) is 10.2. The molecule has 0 atom stereocenters. The molecule has 0 aliphatic heterocycles. The minimum absolute atomic E-state index is 0.185. The van der Waals surface area contributed by atoms with Gasteiger partial charge in [-0.3, -0.25) is 9.89 Å². The lowest BCUT2D eigenvalue weighted by molar-refractivity contribution is 0.0946. The topological polar surface area (TPSA) is 75.6 Å². The van der Waals surface area contributed by atoms with Gasteiger partial charge >= 0.3 is 0 Å². The number of hydrogen-bond donors (Lipinski definition) is 2. The molecule has 6 heteroatoms. The first-order valence-corrected chi connectivity index (χ1v) is 6.61. The van der Waals surface area contributed by atoms with Crippen molar-refractivity contribution in [3.63, 3.8) is 0 Å². The molecular weight excluding hydrogens is 266 g/mol. The second kappa shape index (κ2) is 5.62. The molecule has 2 aromatic heterocycles. The zero-order valence-electron chi connectivity index (χ0n) is 11.6. The van der Waals surface area contributed by atoms with Crippen molar-refractivity contribution in [1.82, 2.24) is 25.3 Å². The number of carbonyl (C=O) groups is 1. The summed E-state index contributed by atoms with van der Waals surface area (Å²) >= 11 is 0. The van der Waals surface area contributed by atoms with E-state index in [2.05, 4.69) is 20.6 Å². The third-order valence-corrected chi connectivity index (χ3v) is 3.10. The van der Waals surface area contributed by atoms with Crippen molar-refractivity contribution in [2.24, 2.45) is 0 Å². The van der Waals surface area contributed by atoms with Gasteiger partial charge in [0.1, 0.15) is 5.69 Å². The summed E-state index contributed by atoms with van der Waals surface area (Å²) < 4.78 is 1.79. The number of aryl methyl sites for hydroxylation is 1. The number of amides is 1. The Labute approximate surface area is 121 Å². The first-order valence-electron chi connectivity index (χ1n) is 6.61. The van der Waals surface area contributed by atoms with Crippen LogP contribution in [0, 0.1) is 6.92 Å². The second-order valence-electron chi connectivity index (χ2n) is 4.74. The summed E-state index contributed by atoms with van der Waals surface area (Å²) in [5, 5.41) is 13.7. The summed E-state index contributed by atoms with van der Waals surface area (Å²) in [6.45, 7) is 2.32. The van der Waals surface area contributed by atoms with Crippen LogP contribution in [0.5, 0.6) is 0 Å². The number of benzene rings is 1. The van der Waals surface area contributed by atoms with E-state index in [4.69, 9.17) is 0 Å². The van der Waals surface area contributed by atoms with E-state index in [0.717, 1.165) is 16.9 Å². The first kappa shape index (κ1) is 13.1. The highest BCUT2D eigenvalue weighted by molar-refractivity contribution is 5.92. The SMILES string of the molecule is Cc1cc(C(=O)NCc2ccc(-n3cccn3)cc2)n[nH]1. The standard InChI is InChI=1S/C15H15N5O/c1-11-9-14(19-18-11)15(21)16-10-12-3-5-13(6-4-12)20-8-2-7-17-20/h2-9H,10H2,1H3,(H,16,21)(H,18,19). The zero-order chi connectivity index (χ0) is 14.7. The number of aromatic amines is 1. The van der Waals surface area contributed by atoms with Gasteiger partial charge < -0.3 is 5.32 Å². The summed E-state index contributed by atoms with van der Waals surface area (Å²) in [6, 6.07) is 11.5. The molecule has 2 heterocycles. The van der Waals surface area contributed by atoms with E-state index in [1.807, 2.05) is 43.5 Å². The second-order valence-corrected chi connectivity index (χ2v) is 4.74. The smallest absolute Gasteiger partial charge is 0.272 e. The number of aromatic nitrogens is 4. The largest absolute Gasteiger partial charge is 0.347 e. The van der Waals surface area contributed by atoms with Gasteiger partial charge in [-0.1, -0.05) is 12.1 Å². The van der Waals surface area contributed by atoms with Gasteiger partial charge in [-0.15, -0.1) is 0 Å². The summed E-state index contributed by atoms with van der Waals surface area (Å²) in [7, 11) is 0. The Hall–Kier alpha value is -2.89. The third-order valence-electron chi connectivity index (χ3n) is 3.10. The number of H-pyrrole nitrogens is 1. The lowest BCUT2D eigenvalue weighted by atomic mass is 10.2. The molecule has 0 saturated carbocycles. The zero-order valence-corrected chi connectivity index (χ0v) is 11.6. The fourth-order valence-corrected chi connectivity index (χ4v) is 2.00. The van der Waals surface area contributed by atoms with Crippen LogP contribution in [0.15, 0.2) is 48.8 Å². The van der Waals surface area contributed by atoms with E-state index in [1.54, 1.807) is 16.9 Å². The van der Waals surface area contributed by atoms with Crippen LogP contribution in [0.3, 0.4) is 0 Å². The number of hydrogen-bond acceptors (Lipinski definition) is 3. The Balaban J connectivity index is 1.62. The maximum Gasteiger partial charge on any atom is 0.272 e. The normalized spacial score (nSPS) is 10.5. The van der Waals surface area contributed by atoms with Crippen LogP contribution in [0.25, 0.3) is 5.69 Å². The minimum atomic E-state index is -0.185. The molecule has 1 amide bonds. The van der Waals surface area contributed by atoms with Crippen LogP contribution in [-0.2, 0) is 6.54 Å². The monoisotopic (exact) mass is 281 g/mol. The molecule has 0 fully saturated rings. The molecule has 6 nitrogen and oxygen atoms in total. The molecule has 3 aromatic rings. The molecule has 3 rings (SSSR count). The molecule has 106 valence electrons. The number of carbonyl (C=O) groups excluding carboxylic acids is 1. The van der Waals surface area contributed by atoms with Crippen LogP contribution in [0.4, 0.5) is 0 Å². The van der Waals surface area contributed by atoms with Crippen LogP contribution in [0.2, 0.25) is 0 Å². The Morgan fingerprint density at radius 2 is 2.14 bits per heavy atom. The van der Waals surface area contributed by atoms with E-state index < -0.39 is 0 Å². The van der Waals surface area contributed by atoms with Crippen molar-refractivity contribution in [2.75, 3.05) is 0 Å².